The molecular weight excluding hydrogens is 270 g/mol. The third-order valence-corrected chi connectivity index (χ3v) is 7.39. The Morgan fingerprint density at radius 3 is 2.10 bits per heavy atom. The van der Waals surface area contributed by atoms with Gasteiger partial charge in [0.15, 0.2) is 8.24 Å². The van der Waals surface area contributed by atoms with Gasteiger partial charge in [-0.05, 0) is 36.0 Å². The Kier molecular flexibility index (Phi) is 4.21. The van der Waals surface area contributed by atoms with Gasteiger partial charge >= 0.3 is 0 Å². The molecule has 114 valence electrons. The molecule has 0 saturated carbocycles. The highest BCUT2D eigenvalue weighted by Crippen LogP contribution is 2.39. The molecule has 1 aliphatic rings. The van der Waals surface area contributed by atoms with Crippen molar-refractivity contribution in [1.29, 1.82) is 0 Å². The quantitative estimate of drug-likeness (QED) is 0.692. The fourth-order valence-corrected chi connectivity index (χ4v) is 5.26. The highest BCUT2D eigenvalue weighted by molar-refractivity contribution is 6.82. The van der Waals surface area contributed by atoms with Gasteiger partial charge in [-0.1, -0.05) is 70.3 Å². The van der Waals surface area contributed by atoms with E-state index in [4.69, 9.17) is 0 Å². The fourth-order valence-electron chi connectivity index (χ4n) is 2.88. The van der Waals surface area contributed by atoms with E-state index < -0.39 is 8.24 Å². The van der Waals surface area contributed by atoms with Crippen LogP contribution >= 0.6 is 0 Å². The van der Waals surface area contributed by atoms with E-state index in [0.29, 0.717) is 5.54 Å². The summed E-state index contributed by atoms with van der Waals surface area (Å²) in [7, 11) is -1.61. The average molecular weight is 300 g/mol. The number of anilines is 1. The van der Waals surface area contributed by atoms with E-state index in [1.807, 2.05) is 0 Å². The summed E-state index contributed by atoms with van der Waals surface area (Å²) in [5, 5.41) is 0. The van der Waals surface area contributed by atoms with Gasteiger partial charge in [0.1, 0.15) is 0 Å². The second-order valence-electron chi connectivity index (χ2n) is 7.87. The summed E-state index contributed by atoms with van der Waals surface area (Å²) in [5.74, 6) is 0. The van der Waals surface area contributed by atoms with Gasteiger partial charge in [0, 0.05) is 11.2 Å². The number of allylic oxidation sites excluding steroid dienone is 4. The molecule has 1 N–H and O–H groups in total. The second-order valence-corrected chi connectivity index (χ2v) is 12.2. The molecule has 0 bridgehead atoms. The van der Waals surface area contributed by atoms with Crippen molar-refractivity contribution < 1.29 is 0 Å². The number of para-hydroxylation sites is 1. The van der Waals surface area contributed by atoms with Crippen molar-refractivity contribution in [2.45, 2.75) is 53.3 Å². The highest BCUT2D eigenvalue weighted by Gasteiger charge is 2.33. The minimum atomic E-state index is -1.61. The maximum atomic E-state index is 3.91. The van der Waals surface area contributed by atoms with Crippen LogP contribution in [0.2, 0.25) is 18.6 Å². The lowest BCUT2D eigenvalue weighted by Gasteiger charge is -2.31. The van der Waals surface area contributed by atoms with Gasteiger partial charge in [-0.3, -0.25) is 0 Å². The second kappa shape index (κ2) is 5.49. The average Bonchev–Trinajstić information content (AvgIpc) is 2.84. The molecule has 0 aliphatic heterocycles. The predicted molar refractivity (Wildman–Crippen MR) is 97.4 cm³/mol. The first-order valence-electron chi connectivity index (χ1n) is 7.86. The zero-order chi connectivity index (χ0) is 15.8. The van der Waals surface area contributed by atoms with Crippen LogP contribution in [0.4, 0.5) is 5.69 Å². The molecular formula is C19H29NSi. The summed E-state index contributed by atoms with van der Waals surface area (Å²) in [6, 6.07) is 6.53. The molecule has 2 heteroatoms. The zero-order valence-corrected chi connectivity index (χ0v) is 15.5. The number of benzene rings is 1. The first-order chi connectivity index (χ1) is 9.61. The van der Waals surface area contributed by atoms with Crippen LogP contribution in [0.15, 0.2) is 42.0 Å². The van der Waals surface area contributed by atoms with Gasteiger partial charge in [-0.2, -0.15) is 0 Å². The van der Waals surface area contributed by atoms with E-state index in [9.17, 15) is 0 Å². The van der Waals surface area contributed by atoms with Crippen molar-refractivity contribution in [1.82, 2.24) is 0 Å². The van der Waals surface area contributed by atoms with Gasteiger partial charge in [0.05, 0.1) is 0 Å². The largest absolute Gasteiger partial charge is 0.409 e. The molecule has 0 amide bonds. The molecule has 0 fully saturated rings. The molecule has 1 aromatic rings. The molecule has 1 aliphatic carbocycles. The number of hydrogen-bond acceptors (Lipinski definition) is 1. The number of aryl methyl sites for hydroxylation is 2. The molecule has 2 rings (SSSR count). The van der Waals surface area contributed by atoms with Gasteiger partial charge < -0.3 is 4.98 Å². The standard InChI is InChI=1S/C19H29NSi/c1-14-9-8-10-15(2)18(14)20-21(6,7)17-12-11-16(13-17)19(3,4)5/h8-13,17,20H,1-7H3. The lowest BCUT2D eigenvalue weighted by atomic mass is 9.87. The van der Waals surface area contributed by atoms with Crippen molar-refractivity contribution in [3.05, 3.63) is 53.1 Å². The molecule has 0 heterocycles. The Balaban J connectivity index is 2.25. The van der Waals surface area contributed by atoms with E-state index in [1.165, 1.54) is 22.4 Å². The van der Waals surface area contributed by atoms with Crippen molar-refractivity contribution in [3.63, 3.8) is 0 Å². The molecule has 0 aromatic heterocycles. The molecule has 1 unspecified atom stereocenters. The van der Waals surface area contributed by atoms with Crippen molar-refractivity contribution in [2.24, 2.45) is 5.41 Å². The number of rotatable bonds is 3. The monoisotopic (exact) mass is 299 g/mol. The van der Waals surface area contributed by atoms with Crippen molar-refractivity contribution in [3.8, 4) is 0 Å². The van der Waals surface area contributed by atoms with Gasteiger partial charge in [-0.15, -0.1) is 0 Å². The molecule has 0 radical (unpaired) electrons. The lowest BCUT2D eigenvalue weighted by molar-refractivity contribution is 0.518. The summed E-state index contributed by atoms with van der Waals surface area (Å²) in [6.45, 7) is 16.1. The molecule has 0 spiro atoms. The van der Waals surface area contributed by atoms with Crippen LogP contribution in [0, 0.1) is 19.3 Å². The fraction of sp³-hybridized carbons (Fsp3) is 0.474. The minimum Gasteiger partial charge on any atom is -0.409 e. The van der Waals surface area contributed by atoms with E-state index >= 15 is 0 Å². The van der Waals surface area contributed by atoms with Crippen LogP contribution in [0.1, 0.15) is 31.9 Å². The summed E-state index contributed by atoms with van der Waals surface area (Å²) in [4.78, 5) is 3.91. The summed E-state index contributed by atoms with van der Waals surface area (Å²) in [6.07, 6.45) is 7.20. The number of hydrogen-bond donors (Lipinski definition) is 1. The van der Waals surface area contributed by atoms with Crippen LogP contribution < -0.4 is 4.98 Å². The van der Waals surface area contributed by atoms with Gasteiger partial charge in [0.25, 0.3) is 0 Å². The maximum absolute atomic E-state index is 3.91. The Bertz CT molecular complexity index is 568. The Morgan fingerprint density at radius 1 is 1.05 bits per heavy atom. The van der Waals surface area contributed by atoms with E-state index in [-0.39, 0.29) is 5.41 Å². The van der Waals surface area contributed by atoms with Crippen molar-refractivity contribution in [2.75, 3.05) is 4.98 Å². The van der Waals surface area contributed by atoms with Crippen LogP contribution in [-0.4, -0.2) is 8.24 Å². The summed E-state index contributed by atoms with van der Waals surface area (Å²) in [5.41, 5.74) is 6.30. The van der Waals surface area contributed by atoms with Crippen LogP contribution in [-0.2, 0) is 0 Å². The smallest absolute Gasteiger partial charge is 0.158 e. The third kappa shape index (κ3) is 3.49. The first kappa shape index (κ1) is 16.1. The third-order valence-electron chi connectivity index (χ3n) is 4.47. The van der Waals surface area contributed by atoms with E-state index in [2.05, 4.69) is 89.1 Å². The topological polar surface area (TPSA) is 12.0 Å². The molecule has 1 nitrogen and oxygen atoms in total. The first-order valence-corrected chi connectivity index (χ1v) is 10.9. The van der Waals surface area contributed by atoms with E-state index in [0.717, 1.165) is 0 Å². The molecule has 21 heavy (non-hydrogen) atoms. The summed E-state index contributed by atoms with van der Waals surface area (Å²) >= 11 is 0. The predicted octanol–water partition coefficient (Wildman–Crippen LogP) is 5.83. The lowest BCUT2D eigenvalue weighted by Crippen LogP contribution is -2.41. The zero-order valence-electron chi connectivity index (χ0n) is 14.5. The van der Waals surface area contributed by atoms with Crippen LogP contribution in [0.3, 0.4) is 0 Å². The summed E-state index contributed by atoms with van der Waals surface area (Å²) < 4.78 is 0. The Labute approximate surface area is 131 Å². The normalized spacial score (nSPS) is 18.8. The van der Waals surface area contributed by atoms with Crippen LogP contribution in [0.5, 0.6) is 0 Å². The molecule has 0 saturated heterocycles. The van der Waals surface area contributed by atoms with Gasteiger partial charge in [0.2, 0.25) is 0 Å². The minimum absolute atomic E-state index is 0.244. The molecule has 1 aromatic carbocycles. The maximum Gasteiger partial charge on any atom is 0.158 e. The highest BCUT2D eigenvalue weighted by atomic mass is 28.3. The SMILES string of the molecule is Cc1cccc(C)c1N[Si](C)(C)C1C=CC(C(C)(C)C)=C1. The van der Waals surface area contributed by atoms with E-state index in [1.54, 1.807) is 0 Å². The Hall–Kier alpha value is -1.28. The Morgan fingerprint density at radius 2 is 1.62 bits per heavy atom. The number of nitrogens with one attached hydrogen (secondary N) is 1. The van der Waals surface area contributed by atoms with Gasteiger partial charge in [-0.25, -0.2) is 0 Å². The van der Waals surface area contributed by atoms with Crippen molar-refractivity contribution >= 4 is 13.9 Å². The van der Waals surface area contributed by atoms with Crippen LogP contribution in [0.25, 0.3) is 0 Å². The molecule has 1 atom stereocenters.